The molecule has 0 N–H and O–H groups in total. The van der Waals surface area contributed by atoms with Crippen LogP contribution < -0.4 is 5.19 Å². The van der Waals surface area contributed by atoms with Gasteiger partial charge in [-0.15, -0.1) is 0 Å². The van der Waals surface area contributed by atoms with Gasteiger partial charge in [0.15, 0.2) is 0 Å². The summed E-state index contributed by atoms with van der Waals surface area (Å²) in [6, 6.07) is 8.42. The maximum absolute atomic E-state index is 6.28. The zero-order valence-electron chi connectivity index (χ0n) is 11.4. The molecule has 0 amide bonds. The maximum atomic E-state index is 6.28. The van der Waals surface area contributed by atoms with Crippen molar-refractivity contribution in [2.75, 3.05) is 7.11 Å². The second-order valence-electron chi connectivity index (χ2n) is 5.05. The lowest BCUT2D eigenvalue weighted by molar-refractivity contribution is 0.313. The molecule has 0 aliphatic carbocycles. The number of rotatable bonds is 5. The fourth-order valence-corrected chi connectivity index (χ4v) is 8.49. The largest absolute Gasteiger partial charge is 0.432 e. The van der Waals surface area contributed by atoms with Crippen molar-refractivity contribution in [3.63, 3.8) is 0 Å². The molecular weight excluding hydrogens is 244 g/mol. The molecule has 0 aromatic heterocycles. The van der Waals surface area contributed by atoms with Crippen LogP contribution in [0.15, 0.2) is 30.8 Å². The van der Waals surface area contributed by atoms with Crippen molar-refractivity contribution in [1.82, 2.24) is 0 Å². The first-order chi connectivity index (χ1) is 7.80. The van der Waals surface area contributed by atoms with Crippen molar-refractivity contribution in [3.05, 3.63) is 36.4 Å². The zero-order chi connectivity index (χ0) is 13.1. The Bertz CT molecular complexity index is 400. The van der Waals surface area contributed by atoms with E-state index >= 15 is 0 Å². The first kappa shape index (κ1) is 14.4. The van der Waals surface area contributed by atoms with Gasteiger partial charge in [0.25, 0.3) is 0 Å². The van der Waals surface area contributed by atoms with E-state index in [0.29, 0.717) is 0 Å². The lowest BCUT2D eigenvalue weighted by Crippen LogP contribution is -2.53. The molecule has 0 spiro atoms. The Balaban J connectivity index is 2.99. The highest BCUT2D eigenvalue weighted by atomic mass is 28.4. The summed E-state index contributed by atoms with van der Waals surface area (Å²) in [6.45, 7) is 12.4. The van der Waals surface area contributed by atoms with Crippen LogP contribution >= 0.6 is 0 Å². The molecule has 0 heterocycles. The Kier molecular flexibility index (Phi) is 4.49. The molecule has 1 aromatic rings. The average molecular weight is 266 g/mol. The van der Waals surface area contributed by atoms with Crippen molar-refractivity contribution >= 4 is 28.1 Å². The number of hydrogen-bond donors (Lipinski definition) is 0. The molecule has 0 bridgehead atoms. The third-order valence-corrected chi connectivity index (χ3v) is 9.50. The predicted molar refractivity (Wildman–Crippen MR) is 79.2 cm³/mol. The van der Waals surface area contributed by atoms with E-state index < -0.39 is 16.9 Å². The maximum Gasteiger partial charge on any atom is 0.321 e. The van der Waals surface area contributed by atoms with Gasteiger partial charge in [0.2, 0.25) is 8.32 Å². The van der Waals surface area contributed by atoms with E-state index in [9.17, 15) is 0 Å². The number of benzene rings is 1. The van der Waals surface area contributed by atoms with Crippen LogP contribution in [0.3, 0.4) is 0 Å². The zero-order valence-corrected chi connectivity index (χ0v) is 13.4. The second kappa shape index (κ2) is 5.31. The lowest BCUT2D eigenvalue weighted by Gasteiger charge is -2.32. The van der Waals surface area contributed by atoms with E-state index in [1.54, 1.807) is 7.11 Å². The molecule has 0 aliphatic rings. The van der Waals surface area contributed by atoms with Crippen LogP contribution in [0.1, 0.15) is 5.56 Å². The van der Waals surface area contributed by atoms with Gasteiger partial charge in [-0.3, -0.25) is 0 Å². The molecule has 0 aliphatic heterocycles. The molecule has 4 heteroatoms. The minimum atomic E-state index is -1.99. The van der Waals surface area contributed by atoms with E-state index in [0.717, 1.165) is 5.56 Å². The first-order valence-corrected chi connectivity index (χ1v) is 11.5. The third-order valence-electron chi connectivity index (χ3n) is 2.81. The van der Waals surface area contributed by atoms with Crippen molar-refractivity contribution in [2.45, 2.75) is 26.2 Å². The van der Waals surface area contributed by atoms with Crippen molar-refractivity contribution in [2.24, 2.45) is 0 Å². The number of hydrogen-bond acceptors (Lipinski definition) is 2. The van der Waals surface area contributed by atoms with Gasteiger partial charge in [-0.25, -0.2) is 0 Å². The molecule has 2 nitrogen and oxygen atoms in total. The van der Waals surface area contributed by atoms with Crippen LogP contribution in [-0.4, -0.2) is 24.0 Å². The van der Waals surface area contributed by atoms with Gasteiger partial charge in [0.1, 0.15) is 0 Å². The van der Waals surface area contributed by atoms with Gasteiger partial charge in [0, 0.05) is 7.11 Å². The lowest BCUT2D eigenvalue weighted by atomic mass is 10.2. The van der Waals surface area contributed by atoms with E-state index in [-0.39, 0.29) is 0 Å². The Hall–Kier alpha value is -0.686. The highest BCUT2D eigenvalue weighted by Gasteiger charge is 2.35. The minimum Gasteiger partial charge on any atom is -0.432 e. The first-order valence-electron chi connectivity index (χ1n) is 5.79. The molecule has 0 atom stereocenters. The van der Waals surface area contributed by atoms with Gasteiger partial charge < -0.3 is 8.54 Å². The Morgan fingerprint density at radius 1 is 1.18 bits per heavy atom. The van der Waals surface area contributed by atoms with Gasteiger partial charge in [0.05, 0.1) is 0 Å². The fourth-order valence-electron chi connectivity index (χ4n) is 1.76. The quantitative estimate of drug-likeness (QED) is 0.763. The van der Waals surface area contributed by atoms with E-state index in [1.165, 1.54) is 5.19 Å². The topological polar surface area (TPSA) is 18.5 Å². The Morgan fingerprint density at radius 3 is 2.35 bits per heavy atom. The third kappa shape index (κ3) is 3.92. The molecular formula is C13H22O2Si2. The summed E-state index contributed by atoms with van der Waals surface area (Å²) >= 11 is 0. The molecule has 0 unspecified atom stereocenters. The van der Waals surface area contributed by atoms with Crippen LogP contribution in [-0.2, 0) is 8.54 Å². The van der Waals surface area contributed by atoms with Crippen LogP contribution in [0.2, 0.25) is 26.2 Å². The van der Waals surface area contributed by atoms with E-state index in [4.69, 9.17) is 8.54 Å². The van der Waals surface area contributed by atoms with Crippen molar-refractivity contribution in [1.29, 1.82) is 0 Å². The molecule has 0 saturated carbocycles. The standard InChI is InChI=1S/C13H22O2Si2/c1-7-12-9-8-10-13(11-12)16(3,4)15-17(5,6)14-2/h7-11H,1H2,2-6H3. The summed E-state index contributed by atoms with van der Waals surface area (Å²) in [6.07, 6.45) is 1.87. The smallest absolute Gasteiger partial charge is 0.321 e. The highest BCUT2D eigenvalue weighted by Crippen LogP contribution is 2.15. The summed E-state index contributed by atoms with van der Waals surface area (Å²) in [5, 5.41) is 1.28. The summed E-state index contributed by atoms with van der Waals surface area (Å²) in [7, 11) is -2.15. The Morgan fingerprint density at radius 2 is 1.82 bits per heavy atom. The van der Waals surface area contributed by atoms with Crippen molar-refractivity contribution in [3.8, 4) is 0 Å². The van der Waals surface area contributed by atoms with Crippen LogP contribution in [0.4, 0.5) is 0 Å². The summed E-state index contributed by atoms with van der Waals surface area (Å²) in [4.78, 5) is 0. The van der Waals surface area contributed by atoms with Gasteiger partial charge in [-0.1, -0.05) is 36.9 Å². The average Bonchev–Trinajstić information content (AvgIpc) is 2.28. The van der Waals surface area contributed by atoms with Crippen LogP contribution in [0.5, 0.6) is 0 Å². The molecule has 1 aromatic carbocycles. The minimum absolute atomic E-state index is 1.14. The highest BCUT2D eigenvalue weighted by molar-refractivity contribution is 6.90. The Labute approximate surface area is 107 Å². The van der Waals surface area contributed by atoms with Gasteiger partial charge in [-0.05, 0) is 36.9 Å². The monoisotopic (exact) mass is 266 g/mol. The normalized spacial score (nSPS) is 12.5. The summed E-state index contributed by atoms with van der Waals surface area (Å²) < 4.78 is 11.8. The molecule has 0 saturated heterocycles. The van der Waals surface area contributed by atoms with Gasteiger partial charge >= 0.3 is 8.56 Å². The van der Waals surface area contributed by atoms with E-state index in [1.807, 2.05) is 6.08 Å². The second-order valence-corrected chi connectivity index (χ2v) is 12.7. The van der Waals surface area contributed by atoms with Crippen molar-refractivity contribution < 1.29 is 8.54 Å². The molecule has 0 radical (unpaired) electrons. The molecule has 1 rings (SSSR count). The molecule has 0 fully saturated rings. The van der Waals surface area contributed by atoms with E-state index in [2.05, 4.69) is 57.0 Å². The predicted octanol–water partition coefficient (Wildman–Crippen LogP) is 3.11. The van der Waals surface area contributed by atoms with Crippen LogP contribution in [0.25, 0.3) is 6.08 Å². The summed E-state index contributed by atoms with van der Waals surface area (Å²) in [5.41, 5.74) is 1.14. The SMILES string of the molecule is C=Cc1cccc([Si](C)(C)O[Si](C)(C)OC)c1. The molecule has 17 heavy (non-hydrogen) atoms. The summed E-state index contributed by atoms with van der Waals surface area (Å²) in [5.74, 6) is 0. The van der Waals surface area contributed by atoms with Gasteiger partial charge in [-0.2, -0.15) is 0 Å². The van der Waals surface area contributed by atoms with Crippen LogP contribution in [0, 0.1) is 0 Å². The fraction of sp³-hybridized carbons (Fsp3) is 0.385. The molecule has 94 valence electrons.